The number of benzene rings is 1. The van der Waals surface area contributed by atoms with Crippen LogP contribution in [0, 0.1) is 0 Å². The van der Waals surface area contributed by atoms with Crippen LogP contribution in [-0.2, 0) is 9.53 Å². The van der Waals surface area contributed by atoms with Crippen LogP contribution >= 0.6 is 11.8 Å². The lowest BCUT2D eigenvalue weighted by atomic mass is 10.1. The molecule has 124 valence electrons. The van der Waals surface area contributed by atoms with Gasteiger partial charge in [0.15, 0.2) is 0 Å². The molecule has 0 spiro atoms. The van der Waals surface area contributed by atoms with E-state index in [0.29, 0.717) is 6.04 Å². The topological polar surface area (TPSA) is 41.6 Å². The molecule has 1 N–H and O–H groups in total. The van der Waals surface area contributed by atoms with Crippen LogP contribution in [0.2, 0.25) is 0 Å². The third-order valence-corrected chi connectivity index (χ3v) is 5.31. The van der Waals surface area contributed by atoms with Gasteiger partial charge in [-0.15, -0.1) is 0 Å². The van der Waals surface area contributed by atoms with E-state index in [2.05, 4.69) is 34.5 Å². The lowest BCUT2D eigenvalue weighted by Gasteiger charge is -2.28. The monoisotopic (exact) mass is 332 g/mol. The third-order valence-electron chi connectivity index (χ3n) is 4.26. The van der Waals surface area contributed by atoms with Crippen molar-refractivity contribution in [2.24, 2.45) is 0 Å². The summed E-state index contributed by atoms with van der Waals surface area (Å²) in [4.78, 5) is 14.3. The summed E-state index contributed by atoms with van der Waals surface area (Å²) in [6, 6.07) is 8.69. The summed E-state index contributed by atoms with van der Waals surface area (Å²) in [6.07, 6.45) is 5.69. The Morgan fingerprint density at radius 3 is 2.57 bits per heavy atom. The maximum Gasteiger partial charge on any atom is 0.244 e. The molecule has 2 aliphatic heterocycles. The Morgan fingerprint density at radius 2 is 1.87 bits per heavy atom. The Balaban J connectivity index is 1.51. The zero-order valence-corrected chi connectivity index (χ0v) is 14.2. The van der Waals surface area contributed by atoms with Gasteiger partial charge >= 0.3 is 0 Å². The van der Waals surface area contributed by atoms with Gasteiger partial charge in [0, 0.05) is 30.9 Å². The van der Waals surface area contributed by atoms with Crippen molar-refractivity contribution in [1.82, 2.24) is 5.32 Å². The Kier molecular flexibility index (Phi) is 6.00. The average molecular weight is 332 g/mol. The number of carbonyl (C=O) groups excluding carboxylic acids is 1. The second-order valence-electron chi connectivity index (χ2n) is 5.92. The van der Waals surface area contributed by atoms with Crippen LogP contribution in [0.15, 0.2) is 30.3 Å². The molecule has 0 aromatic heterocycles. The van der Waals surface area contributed by atoms with E-state index in [1.165, 1.54) is 5.69 Å². The molecule has 2 aliphatic rings. The molecular weight excluding hydrogens is 308 g/mol. The first-order valence-corrected chi connectivity index (χ1v) is 9.46. The predicted octanol–water partition coefficient (Wildman–Crippen LogP) is 2.55. The molecule has 2 heterocycles. The first kappa shape index (κ1) is 16.4. The van der Waals surface area contributed by atoms with Crippen molar-refractivity contribution in [3.63, 3.8) is 0 Å². The van der Waals surface area contributed by atoms with Gasteiger partial charge in [-0.2, -0.15) is 11.8 Å². The first-order chi connectivity index (χ1) is 11.3. The average Bonchev–Trinajstić information content (AvgIpc) is 2.62. The van der Waals surface area contributed by atoms with Crippen molar-refractivity contribution in [1.29, 1.82) is 0 Å². The summed E-state index contributed by atoms with van der Waals surface area (Å²) in [5.41, 5.74) is 2.27. The summed E-state index contributed by atoms with van der Waals surface area (Å²) in [5, 5.41) is 3.09. The van der Waals surface area contributed by atoms with E-state index in [4.69, 9.17) is 4.74 Å². The highest BCUT2D eigenvalue weighted by Crippen LogP contribution is 2.18. The highest BCUT2D eigenvalue weighted by atomic mass is 32.2. The fourth-order valence-electron chi connectivity index (χ4n) is 2.88. The van der Waals surface area contributed by atoms with E-state index < -0.39 is 0 Å². The molecule has 23 heavy (non-hydrogen) atoms. The second kappa shape index (κ2) is 8.41. The zero-order chi connectivity index (χ0) is 15.9. The Hall–Kier alpha value is -1.46. The SMILES string of the molecule is O=C(/C=C/c1ccc(N2CCOCC2)cc1)NC1CCSCC1. The van der Waals surface area contributed by atoms with E-state index in [1.807, 2.05) is 17.8 Å². The summed E-state index contributed by atoms with van der Waals surface area (Å²) < 4.78 is 5.37. The molecule has 2 fully saturated rings. The summed E-state index contributed by atoms with van der Waals surface area (Å²) >= 11 is 1.97. The van der Waals surface area contributed by atoms with Crippen LogP contribution in [0.5, 0.6) is 0 Å². The minimum absolute atomic E-state index is 0.0131. The molecule has 4 nitrogen and oxygen atoms in total. The van der Waals surface area contributed by atoms with E-state index in [-0.39, 0.29) is 5.91 Å². The molecule has 5 heteroatoms. The van der Waals surface area contributed by atoms with Crippen molar-refractivity contribution in [2.75, 3.05) is 42.7 Å². The van der Waals surface area contributed by atoms with Gasteiger partial charge in [0.1, 0.15) is 0 Å². The van der Waals surface area contributed by atoms with Crippen molar-refractivity contribution in [3.8, 4) is 0 Å². The van der Waals surface area contributed by atoms with Crippen LogP contribution < -0.4 is 10.2 Å². The fourth-order valence-corrected chi connectivity index (χ4v) is 3.99. The number of anilines is 1. The summed E-state index contributed by atoms with van der Waals surface area (Å²) in [5.74, 6) is 2.31. The van der Waals surface area contributed by atoms with E-state index in [9.17, 15) is 4.79 Å². The number of amides is 1. The van der Waals surface area contributed by atoms with Gasteiger partial charge in [-0.25, -0.2) is 0 Å². The predicted molar refractivity (Wildman–Crippen MR) is 97.0 cm³/mol. The van der Waals surface area contributed by atoms with Crippen LogP contribution in [-0.4, -0.2) is 49.8 Å². The molecule has 0 bridgehead atoms. The van der Waals surface area contributed by atoms with Crippen molar-refractivity contribution in [3.05, 3.63) is 35.9 Å². The second-order valence-corrected chi connectivity index (χ2v) is 7.14. The minimum Gasteiger partial charge on any atom is -0.378 e. The fraction of sp³-hybridized carbons (Fsp3) is 0.500. The number of rotatable bonds is 4. The van der Waals surface area contributed by atoms with Crippen LogP contribution in [0.4, 0.5) is 5.69 Å². The summed E-state index contributed by atoms with van der Waals surface area (Å²) in [7, 11) is 0. The van der Waals surface area contributed by atoms with Crippen molar-refractivity contribution < 1.29 is 9.53 Å². The third kappa shape index (κ3) is 5.01. The van der Waals surface area contributed by atoms with Gasteiger partial charge in [-0.05, 0) is 48.1 Å². The largest absolute Gasteiger partial charge is 0.378 e. The number of nitrogens with zero attached hydrogens (tertiary/aromatic N) is 1. The van der Waals surface area contributed by atoms with Crippen LogP contribution in [0.25, 0.3) is 6.08 Å². The molecule has 0 atom stereocenters. The number of ether oxygens (including phenoxy) is 1. The maximum atomic E-state index is 12.0. The molecule has 1 aromatic rings. The van der Waals surface area contributed by atoms with Gasteiger partial charge in [-0.1, -0.05) is 12.1 Å². The van der Waals surface area contributed by atoms with Gasteiger partial charge in [0.2, 0.25) is 5.91 Å². The number of thioether (sulfide) groups is 1. The molecule has 0 aliphatic carbocycles. The molecule has 0 unspecified atom stereocenters. The lowest BCUT2D eigenvalue weighted by Crippen LogP contribution is -2.36. The highest BCUT2D eigenvalue weighted by molar-refractivity contribution is 7.99. The number of carbonyl (C=O) groups is 1. The van der Waals surface area contributed by atoms with E-state index >= 15 is 0 Å². The molecular formula is C18H24N2O2S. The number of hydrogen-bond donors (Lipinski definition) is 1. The number of nitrogens with one attached hydrogen (secondary N) is 1. The van der Waals surface area contributed by atoms with Crippen LogP contribution in [0.3, 0.4) is 0 Å². The summed E-state index contributed by atoms with van der Waals surface area (Å²) in [6.45, 7) is 3.47. The molecule has 0 saturated carbocycles. The highest BCUT2D eigenvalue weighted by Gasteiger charge is 2.14. The van der Waals surface area contributed by atoms with Crippen LogP contribution in [0.1, 0.15) is 18.4 Å². The Labute approximate surface area is 142 Å². The normalized spacial score (nSPS) is 19.9. The zero-order valence-electron chi connectivity index (χ0n) is 13.4. The Bertz CT molecular complexity index is 532. The molecule has 3 rings (SSSR count). The number of morpholine rings is 1. The lowest BCUT2D eigenvalue weighted by molar-refractivity contribution is -0.117. The first-order valence-electron chi connectivity index (χ1n) is 8.30. The maximum absolute atomic E-state index is 12.0. The van der Waals surface area contributed by atoms with Crippen molar-refractivity contribution >= 4 is 29.4 Å². The molecule has 1 amide bonds. The molecule has 0 radical (unpaired) electrons. The quantitative estimate of drug-likeness (QED) is 0.861. The standard InChI is InChI=1S/C18H24N2O2S/c21-18(19-16-7-13-23-14-8-16)6-3-15-1-4-17(5-2-15)20-9-11-22-12-10-20/h1-6,16H,7-14H2,(H,19,21)/b6-3+. The van der Waals surface area contributed by atoms with E-state index in [0.717, 1.165) is 56.2 Å². The van der Waals surface area contributed by atoms with Gasteiger partial charge in [0.05, 0.1) is 13.2 Å². The van der Waals surface area contributed by atoms with Gasteiger partial charge in [-0.3, -0.25) is 4.79 Å². The minimum atomic E-state index is 0.0131. The Morgan fingerprint density at radius 1 is 1.17 bits per heavy atom. The molecule has 1 aromatic carbocycles. The van der Waals surface area contributed by atoms with E-state index in [1.54, 1.807) is 6.08 Å². The van der Waals surface area contributed by atoms with Crippen molar-refractivity contribution in [2.45, 2.75) is 18.9 Å². The van der Waals surface area contributed by atoms with Gasteiger partial charge in [0.25, 0.3) is 0 Å². The van der Waals surface area contributed by atoms with Gasteiger partial charge < -0.3 is 15.0 Å². The number of hydrogen-bond acceptors (Lipinski definition) is 4. The smallest absolute Gasteiger partial charge is 0.244 e. The molecule has 2 saturated heterocycles.